The van der Waals surface area contributed by atoms with Gasteiger partial charge in [0.25, 0.3) is 0 Å². The molecule has 5 heteroatoms. The Balaban J connectivity index is 2.46. The Morgan fingerprint density at radius 2 is 1.75 bits per heavy atom. The number of nitrogens with zero attached hydrogens (tertiary/aromatic N) is 1. The minimum Gasteiger partial charge on any atom is -0.396 e. The number of pyridine rings is 1. The predicted octanol–water partition coefficient (Wildman–Crippen LogP) is 0.670. The molecule has 0 aliphatic carbocycles. The van der Waals surface area contributed by atoms with E-state index < -0.39 is 0 Å². The maximum Gasteiger partial charge on any atom is 0.149 e. The van der Waals surface area contributed by atoms with E-state index in [0.717, 1.165) is 18.1 Å². The number of aromatic nitrogens is 1. The van der Waals surface area contributed by atoms with Gasteiger partial charge in [0.15, 0.2) is 0 Å². The number of aliphatic hydroxyl groups excluding tert-OH is 2. The van der Waals surface area contributed by atoms with Crippen molar-refractivity contribution in [2.24, 2.45) is 0 Å². The summed E-state index contributed by atoms with van der Waals surface area (Å²) in [6.07, 6.45) is 3.14. The van der Waals surface area contributed by atoms with Gasteiger partial charge in [-0.15, -0.1) is 0 Å². The molecule has 5 nitrogen and oxygen atoms in total. The summed E-state index contributed by atoms with van der Waals surface area (Å²) in [5.74, 6) is 0.786. The first kappa shape index (κ1) is 12.7. The third kappa shape index (κ3) is 4.46. The lowest BCUT2D eigenvalue weighted by molar-refractivity contribution is 0.292. The summed E-state index contributed by atoms with van der Waals surface area (Å²) in [6, 6.07) is 3.80. The number of aliphatic hydroxyl groups is 2. The quantitative estimate of drug-likeness (QED) is 0.489. The standard InChI is InChI=1S/C11H19N3O2/c15-8-2-6-12-10-4-1-5-13-11(10)14-7-3-9-16/h1,4-5,12,15-16H,2-3,6-9H2,(H,13,14). The van der Waals surface area contributed by atoms with Crippen LogP contribution in [0.3, 0.4) is 0 Å². The fourth-order valence-electron chi connectivity index (χ4n) is 1.28. The molecule has 0 bridgehead atoms. The summed E-state index contributed by atoms with van der Waals surface area (Å²) in [4.78, 5) is 4.21. The van der Waals surface area contributed by atoms with Crippen LogP contribution in [0.2, 0.25) is 0 Å². The largest absolute Gasteiger partial charge is 0.396 e. The van der Waals surface area contributed by atoms with Crippen LogP contribution in [0.25, 0.3) is 0 Å². The van der Waals surface area contributed by atoms with Gasteiger partial charge in [0.2, 0.25) is 0 Å². The first-order chi connectivity index (χ1) is 7.88. The first-order valence-corrected chi connectivity index (χ1v) is 5.53. The molecule has 0 radical (unpaired) electrons. The lowest BCUT2D eigenvalue weighted by atomic mass is 10.3. The topological polar surface area (TPSA) is 77.4 Å². The second-order valence-corrected chi connectivity index (χ2v) is 3.41. The molecule has 90 valence electrons. The minimum absolute atomic E-state index is 0.174. The Hall–Kier alpha value is -1.33. The van der Waals surface area contributed by atoms with Crippen LogP contribution in [0.1, 0.15) is 12.8 Å². The zero-order valence-corrected chi connectivity index (χ0v) is 9.32. The number of anilines is 2. The van der Waals surface area contributed by atoms with E-state index in [0.29, 0.717) is 19.4 Å². The van der Waals surface area contributed by atoms with Gasteiger partial charge in [-0.25, -0.2) is 4.98 Å². The van der Waals surface area contributed by atoms with Crippen molar-refractivity contribution in [2.75, 3.05) is 36.9 Å². The molecule has 4 N–H and O–H groups in total. The van der Waals surface area contributed by atoms with E-state index in [1.807, 2.05) is 12.1 Å². The smallest absolute Gasteiger partial charge is 0.149 e. The average Bonchev–Trinajstić information content (AvgIpc) is 2.32. The van der Waals surface area contributed by atoms with Crippen LogP contribution in [-0.4, -0.2) is 41.5 Å². The summed E-state index contributed by atoms with van der Waals surface area (Å²) >= 11 is 0. The van der Waals surface area contributed by atoms with Crippen LogP contribution in [0.15, 0.2) is 18.3 Å². The summed E-state index contributed by atoms with van der Waals surface area (Å²) in [6.45, 7) is 1.77. The number of hydrogen-bond donors (Lipinski definition) is 4. The van der Waals surface area contributed by atoms with Crippen molar-refractivity contribution in [1.82, 2.24) is 4.98 Å². The van der Waals surface area contributed by atoms with E-state index in [4.69, 9.17) is 10.2 Å². The van der Waals surface area contributed by atoms with Gasteiger partial charge in [0.1, 0.15) is 5.82 Å². The summed E-state index contributed by atoms with van der Waals surface area (Å²) in [7, 11) is 0. The molecule has 0 spiro atoms. The minimum atomic E-state index is 0.174. The molecule has 1 aromatic heterocycles. The Labute approximate surface area is 95.5 Å². The molecule has 0 aliphatic heterocycles. The van der Waals surface area contributed by atoms with Crippen LogP contribution in [0.5, 0.6) is 0 Å². The molecule has 0 saturated carbocycles. The van der Waals surface area contributed by atoms with E-state index >= 15 is 0 Å². The van der Waals surface area contributed by atoms with Crippen molar-refractivity contribution in [3.63, 3.8) is 0 Å². The maximum absolute atomic E-state index is 8.69. The van der Waals surface area contributed by atoms with Gasteiger partial charge < -0.3 is 20.8 Å². The van der Waals surface area contributed by atoms with Crippen molar-refractivity contribution in [3.8, 4) is 0 Å². The summed E-state index contributed by atoms with van der Waals surface area (Å²) < 4.78 is 0. The van der Waals surface area contributed by atoms with Crippen LogP contribution in [-0.2, 0) is 0 Å². The fourth-order valence-corrected chi connectivity index (χ4v) is 1.28. The summed E-state index contributed by atoms with van der Waals surface area (Å²) in [5.41, 5.74) is 0.925. The number of rotatable bonds is 8. The van der Waals surface area contributed by atoms with Crippen molar-refractivity contribution < 1.29 is 10.2 Å². The highest BCUT2D eigenvalue weighted by molar-refractivity contribution is 5.63. The second-order valence-electron chi connectivity index (χ2n) is 3.41. The van der Waals surface area contributed by atoms with E-state index in [1.54, 1.807) is 6.20 Å². The van der Waals surface area contributed by atoms with Gasteiger partial charge in [-0.1, -0.05) is 0 Å². The zero-order chi connectivity index (χ0) is 11.6. The highest BCUT2D eigenvalue weighted by Gasteiger charge is 2.00. The molecular weight excluding hydrogens is 206 g/mol. The summed E-state index contributed by atoms with van der Waals surface area (Å²) in [5, 5.41) is 23.7. The van der Waals surface area contributed by atoms with Gasteiger partial charge in [-0.2, -0.15) is 0 Å². The molecule has 0 fully saturated rings. The molecule has 0 saturated heterocycles. The monoisotopic (exact) mass is 225 g/mol. The molecule has 1 aromatic rings. The van der Waals surface area contributed by atoms with Crippen molar-refractivity contribution in [2.45, 2.75) is 12.8 Å². The molecule has 0 aliphatic rings. The van der Waals surface area contributed by atoms with Crippen LogP contribution in [0, 0.1) is 0 Å². The van der Waals surface area contributed by atoms with E-state index in [-0.39, 0.29) is 13.2 Å². The lowest BCUT2D eigenvalue weighted by Crippen LogP contribution is -2.10. The molecule has 16 heavy (non-hydrogen) atoms. The van der Waals surface area contributed by atoms with Crippen molar-refractivity contribution in [1.29, 1.82) is 0 Å². The van der Waals surface area contributed by atoms with E-state index in [9.17, 15) is 0 Å². The molecule has 0 atom stereocenters. The van der Waals surface area contributed by atoms with Gasteiger partial charge in [0.05, 0.1) is 5.69 Å². The van der Waals surface area contributed by atoms with Crippen LogP contribution < -0.4 is 10.6 Å². The highest BCUT2D eigenvalue weighted by atomic mass is 16.3. The fraction of sp³-hybridized carbons (Fsp3) is 0.545. The number of hydrogen-bond acceptors (Lipinski definition) is 5. The van der Waals surface area contributed by atoms with Gasteiger partial charge >= 0.3 is 0 Å². The Morgan fingerprint density at radius 1 is 1.06 bits per heavy atom. The Morgan fingerprint density at radius 3 is 2.44 bits per heavy atom. The SMILES string of the molecule is OCCCNc1cccnc1NCCCO. The van der Waals surface area contributed by atoms with Gasteiger partial charge in [0, 0.05) is 32.5 Å². The van der Waals surface area contributed by atoms with E-state index in [1.165, 1.54) is 0 Å². The van der Waals surface area contributed by atoms with Crippen molar-refractivity contribution in [3.05, 3.63) is 18.3 Å². The zero-order valence-electron chi connectivity index (χ0n) is 9.32. The molecule has 0 aromatic carbocycles. The van der Waals surface area contributed by atoms with Crippen LogP contribution >= 0.6 is 0 Å². The third-order valence-corrected chi connectivity index (χ3v) is 2.09. The average molecular weight is 225 g/mol. The number of nitrogens with one attached hydrogen (secondary N) is 2. The molecule has 1 rings (SSSR count). The van der Waals surface area contributed by atoms with Gasteiger partial charge in [-0.3, -0.25) is 0 Å². The second kappa shape index (κ2) is 7.90. The molecular formula is C11H19N3O2. The first-order valence-electron chi connectivity index (χ1n) is 5.53. The predicted molar refractivity (Wildman–Crippen MR) is 64.6 cm³/mol. The van der Waals surface area contributed by atoms with E-state index in [2.05, 4.69) is 15.6 Å². The highest BCUT2D eigenvalue weighted by Crippen LogP contribution is 2.17. The third-order valence-electron chi connectivity index (χ3n) is 2.09. The van der Waals surface area contributed by atoms with Gasteiger partial charge in [-0.05, 0) is 25.0 Å². The Kier molecular flexibility index (Phi) is 6.29. The Bertz CT molecular complexity index is 265. The van der Waals surface area contributed by atoms with Crippen LogP contribution in [0.4, 0.5) is 11.5 Å². The normalized spacial score (nSPS) is 10.1. The lowest BCUT2D eigenvalue weighted by Gasteiger charge is -2.11. The molecule has 0 amide bonds. The molecule has 1 heterocycles. The van der Waals surface area contributed by atoms with Crippen molar-refractivity contribution >= 4 is 11.5 Å². The maximum atomic E-state index is 8.69. The molecule has 0 unspecified atom stereocenters.